The number of nitrogens with one attached hydrogen (secondary N) is 4. The Labute approximate surface area is 146 Å². The molecule has 0 spiro atoms. The van der Waals surface area contributed by atoms with Crippen LogP contribution in [-0.4, -0.2) is 22.8 Å². The quantitative estimate of drug-likeness (QED) is 0.433. The Bertz CT molecular complexity index is 578. The predicted octanol–water partition coefficient (Wildman–Crippen LogP) is 0.905. The van der Waals surface area contributed by atoms with Gasteiger partial charge in [0.25, 0.3) is 0 Å². The van der Waals surface area contributed by atoms with Crippen LogP contribution in [0.25, 0.3) is 0 Å². The summed E-state index contributed by atoms with van der Waals surface area (Å²) in [6.45, 7) is 2.30. The molecular formula is C16H22N4O3S. The van der Waals surface area contributed by atoms with Gasteiger partial charge in [-0.25, -0.2) is 0 Å². The van der Waals surface area contributed by atoms with Crippen LogP contribution in [0.1, 0.15) is 38.2 Å². The average Bonchev–Trinajstić information content (AvgIpc) is 2.57. The lowest BCUT2D eigenvalue weighted by Crippen LogP contribution is -2.48. The second kappa shape index (κ2) is 11.1. The number of thiocarbonyl (C=S) groups is 1. The van der Waals surface area contributed by atoms with Gasteiger partial charge in [0.1, 0.15) is 0 Å². The molecule has 0 aliphatic carbocycles. The van der Waals surface area contributed by atoms with Gasteiger partial charge in [-0.3, -0.25) is 25.2 Å². The second-order valence-corrected chi connectivity index (χ2v) is 5.47. The number of hydrazine groups is 1. The highest BCUT2D eigenvalue weighted by Gasteiger charge is 2.08. The molecule has 0 saturated carbocycles. The van der Waals surface area contributed by atoms with Gasteiger partial charge < -0.3 is 10.6 Å². The molecule has 0 saturated heterocycles. The highest BCUT2D eigenvalue weighted by Crippen LogP contribution is 1.98. The van der Waals surface area contributed by atoms with E-state index < -0.39 is 5.91 Å². The summed E-state index contributed by atoms with van der Waals surface area (Å²) in [5, 5.41) is 5.19. The van der Waals surface area contributed by atoms with Gasteiger partial charge in [-0.15, -0.1) is 0 Å². The lowest BCUT2D eigenvalue weighted by Gasteiger charge is -2.10. The highest BCUT2D eigenvalue weighted by atomic mass is 32.1. The van der Waals surface area contributed by atoms with E-state index in [2.05, 4.69) is 21.5 Å². The van der Waals surface area contributed by atoms with Crippen LogP contribution in [-0.2, 0) is 20.9 Å². The number of benzene rings is 1. The molecule has 0 unspecified atom stereocenters. The maximum atomic E-state index is 11.7. The van der Waals surface area contributed by atoms with E-state index in [9.17, 15) is 14.4 Å². The molecule has 0 aromatic heterocycles. The van der Waals surface area contributed by atoms with Crippen molar-refractivity contribution in [2.45, 2.75) is 39.2 Å². The number of rotatable bonds is 7. The SMILES string of the molecule is CCCC(=O)NC(=S)NNC(=O)CCC(=O)NCc1ccccc1. The van der Waals surface area contributed by atoms with Crippen molar-refractivity contribution in [1.29, 1.82) is 0 Å². The third-order valence-corrected chi connectivity index (χ3v) is 3.16. The van der Waals surface area contributed by atoms with Crippen LogP contribution >= 0.6 is 12.2 Å². The Morgan fingerprint density at radius 3 is 2.25 bits per heavy atom. The Balaban J connectivity index is 2.15. The normalized spacial score (nSPS) is 9.71. The molecule has 0 bridgehead atoms. The lowest BCUT2D eigenvalue weighted by atomic mass is 10.2. The minimum atomic E-state index is -0.392. The van der Waals surface area contributed by atoms with Crippen molar-refractivity contribution >= 4 is 35.1 Å². The summed E-state index contributed by atoms with van der Waals surface area (Å²) in [5.74, 6) is -0.825. The van der Waals surface area contributed by atoms with Crippen molar-refractivity contribution in [3.05, 3.63) is 35.9 Å². The molecule has 3 amide bonds. The van der Waals surface area contributed by atoms with Crippen molar-refractivity contribution in [3.8, 4) is 0 Å². The molecule has 0 aliphatic rings. The van der Waals surface area contributed by atoms with Crippen LogP contribution in [0.5, 0.6) is 0 Å². The van der Waals surface area contributed by atoms with Gasteiger partial charge in [-0.05, 0) is 24.2 Å². The topological polar surface area (TPSA) is 99.3 Å². The van der Waals surface area contributed by atoms with E-state index in [0.29, 0.717) is 19.4 Å². The molecule has 0 aliphatic heterocycles. The molecule has 130 valence electrons. The first kappa shape index (κ1) is 19.6. The summed E-state index contributed by atoms with van der Waals surface area (Å²) < 4.78 is 0. The third kappa shape index (κ3) is 8.84. The van der Waals surface area contributed by atoms with Crippen LogP contribution in [0, 0.1) is 0 Å². The monoisotopic (exact) mass is 350 g/mol. The highest BCUT2D eigenvalue weighted by molar-refractivity contribution is 7.80. The van der Waals surface area contributed by atoms with E-state index in [1.165, 1.54) is 0 Å². The zero-order valence-corrected chi connectivity index (χ0v) is 14.4. The van der Waals surface area contributed by atoms with E-state index >= 15 is 0 Å². The summed E-state index contributed by atoms with van der Waals surface area (Å²) in [6.07, 6.45) is 1.14. The Morgan fingerprint density at radius 1 is 0.917 bits per heavy atom. The minimum Gasteiger partial charge on any atom is -0.352 e. The first-order valence-electron chi connectivity index (χ1n) is 7.70. The van der Waals surface area contributed by atoms with E-state index in [1.54, 1.807) is 0 Å². The number of carbonyl (C=O) groups is 3. The Hall–Kier alpha value is -2.48. The van der Waals surface area contributed by atoms with Crippen molar-refractivity contribution in [1.82, 2.24) is 21.5 Å². The van der Waals surface area contributed by atoms with Crippen molar-refractivity contribution in [2.75, 3.05) is 0 Å². The summed E-state index contributed by atoms with van der Waals surface area (Å²) in [5.41, 5.74) is 5.75. The van der Waals surface area contributed by atoms with Crippen LogP contribution in [0.15, 0.2) is 30.3 Å². The van der Waals surface area contributed by atoms with E-state index in [0.717, 1.165) is 5.56 Å². The van der Waals surface area contributed by atoms with Crippen LogP contribution in [0.2, 0.25) is 0 Å². The average molecular weight is 350 g/mol. The molecule has 0 fully saturated rings. The largest absolute Gasteiger partial charge is 0.352 e. The van der Waals surface area contributed by atoms with Crippen molar-refractivity contribution < 1.29 is 14.4 Å². The Kier molecular flexibility index (Phi) is 9.06. The number of hydrogen-bond donors (Lipinski definition) is 4. The number of carbonyl (C=O) groups excluding carboxylic acids is 3. The molecule has 1 aromatic rings. The van der Waals surface area contributed by atoms with Gasteiger partial charge >= 0.3 is 0 Å². The van der Waals surface area contributed by atoms with Gasteiger partial charge in [0, 0.05) is 25.8 Å². The van der Waals surface area contributed by atoms with Crippen LogP contribution < -0.4 is 21.5 Å². The lowest BCUT2D eigenvalue weighted by molar-refractivity contribution is -0.126. The molecule has 1 aromatic carbocycles. The van der Waals surface area contributed by atoms with Crippen LogP contribution in [0.4, 0.5) is 0 Å². The summed E-state index contributed by atoms with van der Waals surface area (Å²) >= 11 is 4.86. The zero-order valence-electron chi connectivity index (χ0n) is 13.6. The molecule has 0 heterocycles. The summed E-state index contributed by atoms with van der Waals surface area (Å²) in [7, 11) is 0. The molecule has 1 rings (SSSR count). The molecule has 4 N–H and O–H groups in total. The number of amides is 3. The van der Waals surface area contributed by atoms with Crippen molar-refractivity contribution in [2.24, 2.45) is 0 Å². The first-order valence-corrected chi connectivity index (χ1v) is 8.11. The number of hydrogen-bond acceptors (Lipinski definition) is 4. The summed E-state index contributed by atoms with van der Waals surface area (Å²) in [6, 6.07) is 9.50. The molecule has 0 atom stereocenters. The Morgan fingerprint density at radius 2 is 1.58 bits per heavy atom. The fraction of sp³-hybridized carbons (Fsp3) is 0.375. The van der Waals surface area contributed by atoms with Gasteiger partial charge in [0.15, 0.2) is 5.11 Å². The van der Waals surface area contributed by atoms with E-state index in [-0.39, 0.29) is 29.8 Å². The molecule has 8 heteroatoms. The fourth-order valence-corrected chi connectivity index (χ4v) is 1.91. The standard InChI is InChI=1S/C16H22N4O3S/c1-2-6-14(22)18-16(24)20-19-15(23)10-9-13(21)17-11-12-7-4-3-5-8-12/h3-5,7-8H,2,6,9-11H2,1H3,(H,17,21)(H,19,23)(H2,18,20,22,24). The maximum absolute atomic E-state index is 11.7. The first-order chi connectivity index (χ1) is 11.5. The third-order valence-electron chi connectivity index (χ3n) is 2.96. The van der Waals surface area contributed by atoms with E-state index in [1.807, 2.05) is 37.3 Å². The summed E-state index contributed by atoms with van der Waals surface area (Å²) in [4.78, 5) is 34.6. The molecule has 24 heavy (non-hydrogen) atoms. The molecule has 7 nitrogen and oxygen atoms in total. The predicted molar refractivity (Wildman–Crippen MR) is 94.4 cm³/mol. The molecule has 0 radical (unpaired) electrons. The smallest absolute Gasteiger partial charge is 0.238 e. The van der Waals surface area contributed by atoms with E-state index in [4.69, 9.17) is 12.2 Å². The van der Waals surface area contributed by atoms with Gasteiger partial charge in [0.05, 0.1) is 0 Å². The zero-order chi connectivity index (χ0) is 17.8. The van der Waals surface area contributed by atoms with Gasteiger partial charge in [-0.2, -0.15) is 0 Å². The minimum absolute atomic E-state index is 0.0130. The maximum Gasteiger partial charge on any atom is 0.238 e. The van der Waals surface area contributed by atoms with Gasteiger partial charge in [-0.1, -0.05) is 37.3 Å². The second-order valence-electron chi connectivity index (χ2n) is 5.06. The fourth-order valence-electron chi connectivity index (χ4n) is 1.75. The molecular weight excluding hydrogens is 328 g/mol. The van der Waals surface area contributed by atoms with Crippen LogP contribution in [0.3, 0.4) is 0 Å². The van der Waals surface area contributed by atoms with Gasteiger partial charge in [0.2, 0.25) is 17.7 Å². The van der Waals surface area contributed by atoms with Crippen molar-refractivity contribution in [3.63, 3.8) is 0 Å².